The van der Waals surface area contributed by atoms with E-state index in [0.717, 1.165) is 38.5 Å². The van der Waals surface area contributed by atoms with Gasteiger partial charge in [0.2, 0.25) is 0 Å². The maximum absolute atomic E-state index is 12.5. The van der Waals surface area contributed by atoms with E-state index in [9.17, 15) is 23.8 Å². The fourth-order valence-corrected chi connectivity index (χ4v) is 5.90. The van der Waals surface area contributed by atoms with Gasteiger partial charge >= 0.3 is 25.7 Å². The number of rotatable bonds is 35. The summed E-state index contributed by atoms with van der Waals surface area (Å²) in [6.07, 6.45) is 26.0. The minimum atomic E-state index is -4.70. The second-order valence-electron chi connectivity index (χ2n) is 12.7. The van der Waals surface area contributed by atoms with Crippen LogP contribution in [0.25, 0.3) is 0 Å². The van der Waals surface area contributed by atoms with Crippen molar-refractivity contribution in [2.24, 2.45) is 5.73 Å². The Morgan fingerprint density at radius 2 is 0.936 bits per heavy atom. The molecule has 0 aliphatic carbocycles. The maximum atomic E-state index is 12.5. The van der Waals surface area contributed by atoms with Crippen LogP contribution < -0.4 is 5.73 Å². The molecular formula is C35H68NO10P. The summed E-state index contributed by atoms with van der Waals surface area (Å²) in [6, 6.07) is -1.51. The molecule has 12 heteroatoms. The molecule has 0 aromatic carbocycles. The molecule has 0 spiro atoms. The number of esters is 2. The number of carboxylic acid groups (broad SMARTS) is 1. The van der Waals surface area contributed by atoms with Gasteiger partial charge in [-0.2, -0.15) is 0 Å². The highest BCUT2D eigenvalue weighted by Gasteiger charge is 2.28. The van der Waals surface area contributed by atoms with E-state index in [1.54, 1.807) is 0 Å². The largest absolute Gasteiger partial charge is 0.480 e. The van der Waals surface area contributed by atoms with Crippen LogP contribution in [0.1, 0.15) is 174 Å². The number of aliphatic carboxylic acids is 1. The number of carbonyl (C=O) groups excluding carboxylic acids is 2. The molecule has 1 unspecified atom stereocenters. The molecule has 0 rings (SSSR count). The van der Waals surface area contributed by atoms with Crippen molar-refractivity contribution in [2.45, 2.75) is 187 Å². The first-order valence-corrected chi connectivity index (χ1v) is 20.1. The molecule has 0 amide bonds. The molecule has 0 aliphatic rings. The molecule has 0 aromatic heterocycles. The SMILES string of the molecule is CCCCCCCCCCCCCCC(=O)OC[C@H](COP(=O)(O)OC[C@H](N)C(=O)O)OC(=O)CCCCCCCCCCCCC. The van der Waals surface area contributed by atoms with Crippen LogP contribution in [0.5, 0.6) is 0 Å². The predicted octanol–water partition coefficient (Wildman–Crippen LogP) is 8.78. The Labute approximate surface area is 285 Å². The summed E-state index contributed by atoms with van der Waals surface area (Å²) >= 11 is 0. The van der Waals surface area contributed by atoms with Crippen molar-refractivity contribution in [3.05, 3.63) is 0 Å². The van der Waals surface area contributed by atoms with E-state index in [-0.39, 0.29) is 19.4 Å². The standard InChI is InChI=1S/C35H68NO10P/c1-3-5-7-9-11-13-15-17-18-20-22-24-26-33(37)43-28-31(29-44-47(41,42)45-30-32(36)35(39)40)46-34(38)27-25-23-21-19-16-14-12-10-8-6-4-2/h31-32H,3-30,36H2,1-2H3,(H,39,40)(H,41,42)/t31-,32+/m1/s1. The lowest BCUT2D eigenvalue weighted by molar-refractivity contribution is -0.161. The van der Waals surface area contributed by atoms with Gasteiger partial charge in [-0.15, -0.1) is 0 Å². The third-order valence-corrected chi connectivity index (χ3v) is 9.06. The highest BCUT2D eigenvalue weighted by Crippen LogP contribution is 2.43. The average Bonchev–Trinajstić information content (AvgIpc) is 3.04. The Bertz CT molecular complexity index is 828. The monoisotopic (exact) mass is 693 g/mol. The molecule has 47 heavy (non-hydrogen) atoms. The third kappa shape index (κ3) is 31.5. The van der Waals surface area contributed by atoms with E-state index in [0.29, 0.717) is 12.8 Å². The fraction of sp³-hybridized carbons (Fsp3) is 0.914. The average molecular weight is 694 g/mol. The van der Waals surface area contributed by atoms with Gasteiger partial charge in [0.25, 0.3) is 0 Å². The van der Waals surface area contributed by atoms with Gasteiger partial charge in [-0.05, 0) is 12.8 Å². The number of unbranched alkanes of at least 4 members (excludes halogenated alkanes) is 21. The second-order valence-corrected chi connectivity index (χ2v) is 14.2. The van der Waals surface area contributed by atoms with Gasteiger partial charge in [-0.25, -0.2) is 4.57 Å². The van der Waals surface area contributed by atoms with Crippen LogP contribution in [-0.4, -0.2) is 59.9 Å². The molecular weight excluding hydrogens is 625 g/mol. The third-order valence-electron chi connectivity index (χ3n) is 8.11. The summed E-state index contributed by atoms with van der Waals surface area (Å²) in [5, 5.41) is 8.84. The number of phosphoric acid groups is 1. The van der Waals surface area contributed by atoms with Crippen LogP contribution in [0.2, 0.25) is 0 Å². The Hall–Kier alpha value is -1.52. The zero-order valence-corrected chi connectivity index (χ0v) is 30.5. The molecule has 0 fully saturated rings. The minimum Gasteiger partial charge on any atom is -0.480 e. The molecule has 0 saturated heterocycles. The quantitative estimate of drug-likeness (QED) is 0.0329. The molecule has 278 valence electrons. The van der Waals surface area contributed by atoms with E-state index in [2.05, 4.69) is 18.4 Å². The molecule has 4 N–H and O–H groups in total. The normalized spacial score (nSPS) is 14.0. The van der Waals surface area contributed by atoms with Crippen molar-refractivity contribution in [3.63, 3.8) is 0 Å². The topological polar surface area (TPSA) is 172 Å². The van der Waals surface area contributed by atoms with E-state index in [1.165, 1.54) is 96.3 Å². The number of phosphoric ester groups is 1. The lowest BCUT2D eigenvalue weighted by Gasteiger charge is -2.20. The summed E-state index contributed by atoms with van der Waals surface area (Å²) in [7, 11) is -4.70. The highest BCUT2D eigenvalue weighted by atomic mass is 31.2. The number of nitrogens with two attached hydrogens (primary N) is 1. The summed E-state index contributed by atoms with van der Waals surface area (Å²) in [6.45, 7) is 2.78. The van der Waals surface area contributed by atoms with Gasteiger partial charge in [-0.3, -0.25) is 23.4 Å². The first kappa shape index (κ1) is 45.5. The van der Waals surface area contributed by atoms with Crippen LogP contribution in [0, 0.1) is 0 Å². The molecule has 0 aromatic rings. The Morgan fingerprint density at radius 1 is 0.574 bits per heavy atom. The number of ether oxygens (including phenoxy) is 2. The Kier molecular flexibility index (Phi) is 30.7. The van der Waals surface area contributed by atoms with Crippen molar-refractivity contribution in [1.82, 2.24) is 0 Å². The second kappa shape index (κ2) is 31.7. The van der Waals surface area contributed by atoms with Crippen LogP contribution >= 0.6 is 7.82 Å². The number of hydrogen-bond donors (Lipinski definition) is 3. The van der Waals surface area contributed by atoms with Crippen molar-refractivity contribution in [3.8, 4) is 0 Å². The Morgan fingerprint density at radius 3 is 1.34 bits per heavy atom. The van der Waals surface area contributed by atoms with E-state index in [1.807, 2.05) is 0 Å². The number of carbonyl (C=O) groups is 3. The summed E-state index contributed by atoms with van der Waals surface area (Å²) in [4.78, 5) is 45.6. The number of carboxylic acids is 1. The molecule has 0 radical (unpaired) electrons. The zero-order chi connectivity index (χ0) is 35.0. The van der Waals surface area contributed by atoms with E-state index >= 15 is 0 Å². The minimum absolute atomic E-state index is 0.168. The first-order valence-electron chi connectivity index (χ1n) is 18.6. The van der Waals surface area contributed by atoms with E-state index < -0.39 is 51.1 Å². The van der Waals surface area contributed by atoms with Gasteiger partial charge in [0.05, 0.1) is 13.2 Å². The van der Waals surface area contributed by atoms with Gasteiger partial charge < -0.3 is 25.2 Å². The van der Waals surface area contributed by atoms with Crippen molar-refractivity contribution in [2.75, 3.05) is 19.8 Å². The fourth-order valence-electron chi connectivity index (χ4n) is 5.12. The van der Waals surface area contributed by atoms with E-state index in [4.69, 9.17) is 24.8 Å². The highest BCUT2D eigenvalue weighted by molar-refractivity contribution is 7.47. The van der Waals surface area contributed by atoms with Crippen molar-refractivity contribution >= 4 is 25.7 Å². The predicted molar refractivity (Wildman–Crippen MR) is 185 cm³/mol. The van der Waals surface area contributed by atoms with Gasteiger partial charge in [0, 0.05) is 12.8 Å². The molecule has 0 saturated carbocycles. The van der Waals surface area contributed by atoms with Crippen LogP contribution in [-0.2, 0) is 37.5 Å². The smallest absolute Gasteiger partial charge is 0.472 e. The summed E-state index contributed by atoms with van der Waals surface area (Å²) < 4.78 is 32.5. The molecule has 0 aliphatic heterocycles. The number of hydrogen-bond acceptors (Lipinski definition) is 9. The summed E-state index contributed by atoms with van der Waals surface area (Å²) in [5.74, 6) is -2.37. The molecule has 3 atom stereocenters. The molecule has 0 bridgehead atoms. The van der Waals surface area contributed by atoms with Gasteiger partial charge in [0.15, 0.2) is 6.10 Å². The van der Waals surface area contributed by atoms with Gasteiger partial charge in [0.1, 0.15) is 12.6 Å². The van der Waals surface area contributed by atoms with Crippen LogP contribution in [0.4, 0.5) is 0 Å². The summed E-state index contributed by atoms with van der Waals surface area (Å²) in [5.41, 5.74) is 5.31. The van der Waals surface area contributed by atoms with Crippen LogP contribution in [0.15, 0.2) is 0 Å². The zero-order valence-electron chi connectivity index (χ0n) is 29.6. The van der Waals surface area contributed by atoms with Crippen molar-refractivity contribution in [1.29, 1.82) is 0 Å². The van der Waals surface area contributed by atoms with Gasteiger partial charge in [-0.1, -0.05) is 149 Å². The molecule has 0 heterocycles. The lowest BCUT2D eigenvalue weighted by Crippen LogP contribution is -2.34. The van der Waals surface area contributed by atoms with Crippen molar-refractivity contribution < 1.29 is 47.5 Å². The Balaban J connectivity index is 4.43. The lowest BCUT2D eigenvalue weighted by atomic mass is 10.0. The molecule has 11 nitrogen and oxygen atoms in total. The maximum Gasteiger partial charge on any atom is 0.472 e. The first-order chi connectivity index (χ1) is 22.6. The van der Waals surface area contributed by atoms with Crippen LogP contribution in [0.3, 0.4) is 0 Å².